The van der Waals surface area contributed by atoms with Crippen molar-refractivity contribution in [2.45, 2.75) is 70.2 Å². The second-order valence-electron chi connectivity index (χ2n) is 8.60. The van der Waals surface area contributed by atoms with Gasteiger partial charge in [0.1, 0.15) is 23.8 Å². The highest BCUT2D eigenvalue weighted by atomic mass is 16.6. The first-order chi connectivity index (χ1) is 13.1. The minimum Gasteiger partial charge on any atom is -0.461 e. The number of alkyl carbamates (subject to hydrolysis) is 1. The Labute approximate surface area is 165 Å². The van der Waals surface area contributed by atoms with Crippen LogP contribution in [0.25, 0.3) is 0 Å². The Morgan fingerprint density at radius 1 is 1.25 bits per heavy atom. The SMILES string of the molecule is CC(C)(C)OC(=O)N[C@@H]1CCC[C@@]2(C)C(=O)OC[C@@H](c3ccccc3)N2C1=O. The van der Waals surface area contributed by atoms with Crippen molar-refractivity contribution < 1.29 is 23.9 Å². The summed E-state index contributed by atoms with van der Waals surface area (Å²) >= 11 is 0. The second-order valence-corrected chi connectivity index (χ2v) is 8.60. The number of cyclic esters (lactones) is 1. The molecule has 152 valence electrons. The van der Waals surface area contributed by atoms with Crippen LogP contribution < -0.4 is 5.32 Å². The number of nitrogens with one attached hydrogen (secondary N) is 1. The van der Waals surface area contributed by atoms with E-state index in [2.05, 4.69) is 5.32 Å². The summed E-state index contributed by atoms with van der Waals surface area (Å²) in [7, 11) is 0. The summed E-state index contributed by atoms with van der Waals surface area (Å²) in [6.07, 6.45) is 0.896. The van der Waals surface area contributed by atoms with E-state index in [9.17, 15) is 14.4 Å². The summed E-state index contributed by atoms with van der Waals surface area (Å²) < 4.78 is 10.8. The largest absolute Gasteiger partial charge is 0.461 e. The van der Waals surface area contributed by atoms with Crippen LogP contribution in [0.5, 0.6) is 0 Å². The summed E-state index contributed by atoms with van der Waals surface area (Å²) in [6.45, 7) is 7.15. The number of hydrogen-bond donors (Lipinski definition) is 1. The van der Waals surface area contributed by atoms with Gasteiger partial charge in [-0.3, -0.25) is 4.79 Å². The molecule has 28 heavy (non-hydrogen) atoms. The van der Waals surface area contributed by atoms with Gasteiger partial charge in [0.05, 0.1) is 6.04 Å². The third-order valence-electron chi connectivity index (χ3n) is 5.22. The molecule has 1 aromatic carbocycles. The maximum atomic E-state index is 13.5. The van der Waals surface area contributed by atoms with Crippen LogP contribution in [0.3, 0.4) is 0 Å². The molecule has 0 spiro atoms. The highest BCUT2D eigenvalue weighted by molar-refractivity contribution is 5.93. The third kappa shape index (κ3) is 3.98. The standard InChI is InChI=1S/C21H28N2O5/c1-20(2,3)28-19(26)22-15-11-8-12-21(4)18(25)27-13-16(23(21)17(15)24)14-9-6-5-7-10-14/h5-7,9-10,15-16H,8,11-13H2,1-4H3,(H,22,26)/t15-,16+,21+/m1/s1. The van der Waals surface area contributed by atoms with Gasteiger partial charge in [-0.1, -0.05) is 30.3 Å². The molecule has 2 fully saturated rings. The van der Waals surface area contributed by atoms with Crippen LogP contribution in [0, 0.1) is 0 Å². The summed E-state index contributed by atoms with van der Waals surface area (Å²) in [5.41, 5.74) is -0.818. The van der Waals surface area contributed by atoms with E-state index in [0.29, 0.717) is 19.3 Å². The first-order valence-electron chi connectivity index (χ1n) is 9.67. The molecule has 0 bridgehead atoms. The number of ether oxygens (including phenoxy) is 2. The van der Waals surface area contributed by atoms with Crippen LogP contribution in [0.15, 0.2) is 30.3 Å². The highest BCUT2D eigenvalue weighted by Gasteiger charge is 2.53. The highest BCUT2D eigenvalue weighted by Crippen LogP contribution is 2.40. The predicted octanol–water partition coefficient (Wildman–Crippen LogP) is 2.95. The van der Waals surface area contributed by atoms with Crippen LogP contribution >= 0.6 is 0 Å². The number of morpholine rings is 1. The number of fused-ring (bicyclic) bond motifs is 1. The lowest BCUT2D eigenvalue weighted by molar-refractivity contribution is -0.181. The van der Waals surface area contributed by atoms with E-state index in [1.807, 2.05) is 30.3 Å². The zero-order chi connectivity index (χ0) is 20.5. The Bertz CT molecular complexity index is 758. The number of carbonyl (C=O) groups is 3. The number of nitrogens with zero attached hydrogens (tertiary/aromatic N) is 1. The van der Waals surface area contributed by atoms with Gasteiger partial charge < -0.3 is 19.7 Å². The lowest BCUT2D eigenvalue weighted by atomic mass is 9.89. The molecule has 0 aliphatic carbocycles. The zero-order valence-corrected chi connectivity index (χ0v) is 16.9. The molecule has 3 rings (SSSR count). The molecule has 7 heteroatoms. The molecular weight excluding hydrogens is 360 g/mol. The Kier molecular flexibility index (Phi) is 5.37. The average molecular weight is 388 g/mol. The van der Waals surface area contributed by atoms with Crippen LogP contribution in [-0.2, 0) is 19.1 Å². The minimum atomic E-state index is -1.06. The normalized spacial score (nSPS) is 28.1. The molecule has 0 unspecified atom stereocenters. The van der Waals surface area contributed by atoms with E-state index in [4.69, 9.17) is 9.47 Å². The number of amides is 2. The topological polar surface area (TPSA) is 84.9 Å². The maximum Gasteiger partial charge on any atom is 0.408 e. The van der Waals surface area contributed by atoms with Crippen molar-refractivity contribution in [2.24, 2.45) is 0 Å². The van der Waals surface area contributed by atoms with Crippen molar-refractivity contribution in [3.8, 4) is 0 Å². The Hall–Kier alpha value is -2.57. The first kappa shape index (κ1) is 20.2. The molecule has 1 N–H and O–H groups in total. The quantitative estimate of drug-likeness (QED) is 0.788. The summed E-state index contributed by atoms with van der Waals surface area (Å²) in [6, 6.07) is 8.38. The number of esters is 1. The fourth-order valence-electron chi connectivity index (χ4n) is 3.89. The maximum absolute atomic E-state index is 13.5. The van der Waals surface area contributed by atoms with Gasteiger partial charge in [-0.2, -0.15) is 0 Å². The number of benzene rings is 1. The van der Waals surface area contributed by atoms with Crippen molar-refractivity contribution in [2.75, 3.05) is 6.61 Å². The van der Waals surface area contributed by atoms with Crippen LogP contribution in [-0.4, -0.2) is 46.7 Å². The Morgan fingerprint density at radius 3 is 2.57 bits per heavy atom. The monoisotopic (exact) mass is 388 g/mol. The van der Waals surface area contributed by atoms with E-state index >= 15 is 0 Å². The summed E-state index contributed by atoms with van der Waals surface area (Å²) in [5.74, 6) is -0.678. The molecule has 0 saturated carbocycles. The van der Waals surface area contributed by atoms with E-state index in [1.54, 1.807) is 32.6 Å². The van der Waals surface area contributed by atoms with E-state index < -0.39 is 35.3 Å². The van der Waals surface area contributed by atoms with Crippen molar-refractivity contribution in [1.82, 2.24) is 10.2 Å². The third-order valence-corrected chi connectivity index (χ3v) is 5.22. The van der Waals surface area contributed by atoms with Gasteiger partial charge in [0, 0.05) is 0 Å². The lowest BCUT2D eigenvalue weighted by Gasteiger charge is -2.47. The smallest absolute Gasteiger partial charge is 0.408 e. The molecule has 2 aliphatic heterocycles. The molecule has 7 nitrogen and oxygen atoms in total. The van der Waals surface area contributed by atoms with Crippen LogP contribution in [0.4, 0.5) is 4.79 Å². The minimum absolute atomic E-state index is 0.101. The summed E-state index contributed by atoms with van der Waals surface area (Å²) in [5, 5.41) is 2.70. The fraction of sp³-hybridized carbons (Fsp3) is 0.571. The predicted molar refractivity (Wildman–Crippen MR) is 102 cm³/mol. The van der Waals surface area contributed by atoms with Gasteiger partial charge >= 0.3 is 12.1 Å². The molecule has 2 saturated heterocycles. The first-order valence-corrected chi connectivity index (χ1v) is 9.67. The fourth-order valence-corrected chi connectivity index (χ4v) is 3.89. The van der Waals surface area contributed by atoms with Gasteiger partial charge in [-0.05, 0) is 52.5 Å². The molecule has 2 aliphatic rings. The van der Waals surface area contributed by atoms with Gasteiger partial charge in [-0.15, -0.1) is 0 Å². The number of carbonyl (C=O) groups excluding carboxylic acids is 3. The van der Waals surface area contributed by atoms with Crippen molar-refractivity contribution in [3.63, 3.8) is 0 Å². The van der Waals surface area contributed by atoms with Crippen LogP contribution in [0.2, 0.25) is 0 Å². The van der Waals surface area contributed by atoms with Gasteiger partial charge in [0.2, 0.25) is 5.91 Å². The van der Waals surface area contributed by atoms with Gasteiger partial charge in [-0.25, -0.2) is 9.59 Å². The van der Waals surface area contributed by atoms with E-state index in [-0.39, 0.29) is 12.5 Å². The van der Waals surface area contributed by atoms with E-state index in [1.165, 1.54) is 0 Å². The summed E-state index contributed by atoms with van der Waals surface area (Å²) in [4.78, 5) is 39.9. The van der Waals surface area contributed by atoms with E-state index in [0.717, 1.165) is 5.56 Å². The molecule has 1 aromatic rings. The Balaban J connectivity index is 1.90. The number of hydrogen-bond acceptors (Lipinski definition) is 5. The molecule has 3 atom stereocenters. The second kappa shape index (κ2) is 7.45. The average Bonchev–Trinajstić information content (AvgIpc) is 2.73. The van der Waals surface area contributed by atoms with Gasteiger partial charge in [0.25, 0.3) is 0 Å². The lowest BCUT2D eigenvalue weighted by Crippen LogP contribution is -2.63. The zero-order valence-electron chi connectivity index (χ0n) is 16.9. The number of rotatable bonds is 2. The van der Waals surface area contributed by atoms with Crippen molar-refractivity contribution in [3.05, 3.63) is 35.9 Å². The Morgan fingerprint density at radius 2 is 1.93 bits per heavy atom. The van der Waals surface area contributed by atoms with Crippen LogP contribution in [0.1, 0.15) is 58.6 Å². The molecule has 0 aromatic heterocycles. The molecular formula is C21H28N2O5. The van der Waals surface area contributed by atoms with Gasteiger partial charge in [0.15, 0.2) is 0 Å². The van der Waals surface area contributed by atoms with Crippen molar-refractivity contribution in [1.29, 1.82) is 0 Å². The molecule has 2 heterocycles. The molecule has 2 amide bonds. The van der Waals surface area contributed by atoms with Crippen molar-refractivity contribution >= 4 is 18.0 Å². The molecule has 0 radical (unpaired) electrons.